The molecular formula is C22H24O4S2. The maximum Gasteiger partial charge on any atom is 0.186 e. The molecule has 1 aliphatic heterocycles. The number of rotatable bonds is 7. The van der Waals surface area contributed by atoms with Gasteiger partial charge >= 0.3 is 0 Å². The minimum Gasteiger partial charge on any atom is -0.496 e. The Labute approximate surface area is 174 Å². The van der Waals surface area contributed by atoms with Crippen LogP contribution in [0.15, 0.2) is 42.5 Å². The summed E-state index contributed by atoms with van der Waals surface area (Å²) in [6.45, 7) is 0. The van der Waals surface area contributed by atoms with Crippen LogP contribution in [0.5, 0.6) is 17.2 Å². The number of allylic oxidation sites excluding steroid dienone is 1. The SMILES string of the molecule is COc1cc(OC)c(/C=C(/C(=O)C2SCCCS2)c2ccccc2)c(OC)c1. The molecule has 0 atom stereocenters. The first kappa shape index (κ1) is 20.7. The average molecular weight is 417 g/mol. The van der Waals surface area contributed by atoms with E-state index in [-0.39, 0.29) is 10.4 Å². The van der Waals surface area contributed by atoms with Crippen molar-refractivity contribution in [2.75, 3.05) is 32.8 Å². The lowest BCUT2D eigenvalue weighted by molar-refractivity contribution is -0.112. The zero-order valence-electron chi connectivity index (χ0n) is 16.3. The highest BCUT2D eigenvalue weighted by Crippen LogP contribution is 2.39. The molecule has 0 saturated carbocycles. The summed E-state index contributed by atoms with van der Waals surface area (Å²) in [5, 5.41) is 0. The molecule has 6 heteroatoms. The van der Waals surface area contributed by atoms with Crippen molar-refractivity contribution in [1.82, 2.24) is 0 Å². The van der Waals surface area contributed by atoms with Gasteiger partial charge in [0.25, 0.3) is 0 Å². The molecule has 28 heavy (non-hydrogen) atoms. The maximum absolute atomic E-state index is 13.4. The summed E-state index contributed by atoms with van der Waals surface area (Å²) in [5.41, 5.74) is 2.28. The fraction of sp³-hybridized carbons (Fsp3) is 0.318. The zero-order chi connectivity index (χ0) is 19.9. The summed E-state index contributed by atoms with van der Waals surface area (Å²) in [6.07, 6.45) is 3.02. The van der Waals surface area contributed by atoms with Gasteiger partial charge < -0.3 is 14.2 Å². The highest BCUT2D eigenvalue weighted by atomic mass is 32.2. The number of thioether (sulfide) groups is 2. The zero-order valence-corrected chi connectivity index (χ0v) is 17.9. The van der Waals surface area contributed by atoms with E-state index in [1.54, 1.807) is 57.0 Å². The molecule has 1 fully saturated rings. The number of carbonyl (C=O) groups excluding carboxylic acids is 1. The van der Waals surface area contributed by atoms with Crippen LogP contribution in [0.2, 0.25) is 0 Å². The maximum atomic E-state index is 13.4. The van der Waals surface area contributed by atoms with Crippen molar-refractivity contribution in [3.63, 3.8) is 0 Å². The largest absolute Gasteiger partial charge is 0.496 e. The van der Waals surface area contributed by atoms with E-state index in [4.69, 9.17) is 14.2 Å². The van der Waals surface area contributed by atoms with E-state index in [9.17, 15) is 4.79 Å². The second kappa shape index (κ2) is 9.94. The van der Waals surface area contributed by atoms with E-state index in [2.05, 4.69) is 0 Å². The van der Waals surface area contributed by atoms with Crippen LogP contribution in [0.1, 0.15) is 17.5 Å². The van der Waals surface area contributed by atoms with Gasteiger partial charge in [0.15, 0.2) is 5.78 Å². The van der Waals surface area contributed by atoms with E-state index < -0.39 is 0 Å². The van der Waals surface area contributed by atoms with Crippen LogP contribution in [0.25, 0.3) is 11.6 Å². The first-order valence-corrected chi connectivity index (χ1v) is 11.1. The van der Waals surface area contributed by atoms with Crippen LogP contribution in [-0.4, -0.2) is 43.2 Å². The number of hydrogen-bond donors (Lipinski definition) is 0. The molecule has 0 spiro atoms. The number of ether oxygens (including phenoxy) is 3. The molecule has 0 amide bonds. The molecule has 148 valence electrons. The molecule has 1 saturated heterocycles. The Hall–Kier alpha value is -2.05. The van der Waals surface area contributed by atoms with Crippen LogP contribution < -0.4 is 14.2 Å². The summed E-state index contributed by atoms with van der Waals surface area (Å²) in [7, 11) is 4.80. The van der Waals surface area contributed by atoms with Gasteiger partial charge in [0.2, 0.25) is 0 Å². The molecule has 3 rings (SSSR count). The van der Waals surface area contributed by atoms with Crippen molar-refractivity contribution >= 4 is 41.0 Å². The molecule has 0 unspecified atom stereocenters. The van der Waals surface area contributed by atoms with Gasteiger partial charge in [-0.1, -0.05) is 30.3 Å². The third-order valence-corrected chi connectivity index (χ3v) is 7.33. The van der Waals surface area contributed by atoms with E-state index in [0.717, 1.165) is 29.1 Å². The third-order valence-electron chi connectivity index (χ3n) is 4.43. The van der Waals surface area contributed by atoms with Gasteiger partial charge in [-0.05, 0) is 29.6 Å². The van der Waals surface area contributed by atoms with Gasteiger partial charge in [0.05, 0.1) is 26.9 Å². The molecule has 1 aliphatic rings. The van der Waals surface area contributed by atoms with Gasteiger partial charge in [-0.2, -0.15) is 0 Å². The lowest BCUT2D eigenvalue weighted by Gasteiger charge is -2.21. The first-order chi connectivity index (χ1) is 13.7. The summed E-state index contributed by atoms with van der Waals surface area (Å²) < 4.78 is 16.4. The Bertz CT molecular complexity index is 818. The minimum atomic E-state index is -0.0876. The molecule has 0 bridgehead atoms. The second-order valence-electron chi connectivity index (χ2n) is 6.16. The van der Waals surface area contributed by atoms with E-state index in [1.165, 1.54) is 0 Å². The van der Waals surface area contributed by atoms with Crippen molar-refractivity contribution in [2.45, 2.75) is 11.0 Å². The van der Waals surface area contributed by atoms with Gasteiger partial charge in [-0.3, -0.25) is 4.79 Å². The average Bonchev–Trinajstić information content (AvgIpc) is 2.77. The van der Waals surface area contributed by atoms with Gasteiger partial charge in [0, 0.05) is 17.7 Å². The van der Waals surface area contributed by atoms with Crippen molar-refractivity contribution in [1.29, 1.82) is 0 Å². The topological polar surface area (TPSA) is 44.8 Å². The Kier molecular flexibility index (Phi) is 7.34. The van der Waals surface area contributed by atoms with Crippen LogP contribution in [0, 0.1) is 0 Å². The van der Waals surface area contributed by atoms with Crippen LogP contribution in [0.3, 0.4) is 0 Å². The number of hydrogen-bond acceptors (Lipinski definition) is 6. The van der Waals surface area contributed by atoms with Gasteiger partial charge in [0.1, 0.15) is 21.8 Å². The highest BCUT2D eigenvalue weighted by molar-refractivity contribution is 8.18. The Morgan fingerprint density at radius 3 is 2.11 bits per heavy atom. The van der Waals surface area contributed by atoms with Crippen molar-refractivity contribution < 1.29 is 19.0 Å². The van der Waals surface area contributed by atoms with Crippen LogP contribution in [-0.2, 0) is 4.79 Å². The molecule has 2 aromatic carbocycles. The number of methoxy groups -OCH3 is 3. The fourth-order valence-corrected chi connectivity index (χ4v) is 5.75. The summed E-state index contributed by atoms with van der Waals surface area (Å²) in [6, 6.07) is 13.4. The van der Waals surface area contributed by atoms with Crippen molar-refractivity contribution in [2.24, 2.45) is 0 Å². The molecule has 0 aliphatic carbocycles. The van der Waals surface area contributed by atoms with Gasteiger partial charge in [-0.25, -0.2) is 0 Å². The molecule has 1 heterocycles. The molecule has 2 aromatic rings. The van der Waals surface area contributed by atoms with E-state index in [1.807, 2.05) is 36.4 Å². The van der Waals surface area contributed by atoms with E-state index >= 15 is 0 Å². The lowest BCUT2D eigenvalue weighted by Crippen LogP contribution is -2.19. The monoisotopic (exact) mass is 416 g/mol. The summed E-state index contributed by atoms with van der Waals surface area (Å²) >= 11 is 3.44. The first-order valence-electron chi connectivity index (χ1n) is 9.02. The van der Waals surface area contributed by atoms with Crippen LogP contribution in [0.4, 0.5) is 0 Å². The van der Waals surface area contributed by atoms with E-state index in [0.29, 0.717) is 22.8 Å². The predicted molar refractivity (Wildman–Crippen MR) is 119 cm³/mol. The smallest absolute Gasteiger partial charge is 0.186 e. The van der Waals surface area contributed by atoms with Crippen molar-refractivity contribution in [3.8, 4) is 17.2 Å². The Morgan fingerprint density at radius 1 is 0.964 bits per heavy atom. The summed E-state index contributed by atoms with van der Waals surface area (Å²) in [4.78, 5) is 13.4. The third kappa shape index (κ3) is 4.67. The lowest BCUT2D eigenvalue weighted by atomic mass is 9.98. The summed E-state index contributed by atoms with van der Waals surface area (Å²) in [5.74, 6) is 3.99. The normalized spacial score (nSPS) is 15.2. The molecule has 0 aromatic heterocycles. The second-order valence-corrected chi connectivity index (χ2v) is 8.89. The minimum absolute atomic E-state index is 0.0876. The molecular weight excluding hydrogens is 392 g/mol. The molecule has 4 nitrogen and oxygen atoms in total. The molecule has 0 radical (unpaired) electrons. The van der Waals surface area contributed by atoms with Crippen molar-refractivity contribution in [3.05, 3.63) is 53.6 Å². The highest BCUT2D eigenvalue weighted by Gasteiger charge is 2.27. The fourth-order valence-electron chi connectivity index (χ4n) is 3.00. The van der Waals surface area contributed by atoms with Crippen LogP contribution >= 0.6 is 23.5 Å². The Morgan fingerprint density at radius 2 is 1.57 bits per heavy atom. The number of Topliss-reactive ketones (excluding diaryl/α,β-unsaturated/α-hetero) is 1. The number of ketones is 1. The number of carbonyl (C=O) groups is 1. The Balaban J connectivity index is 2.12. The predicted octanol–water partition coefficient (Wildman–Crippen LogP) is 5.02. The quantitative estimate of drug-likeness (QED) is 0.467. The van der Waals surface area contributed by atoms with Gasteiger partial charge in [-0.15, -0.1) is 23.5 Å². The number of benzene rings is 2. The molecule has 0 N–H and O–H groups in total. The standard InChI is InChI=1S/C22H24O4S2/c1-24-16-12-19(25-2)18(20(13-16)26-3)14-17(15-8-5-4-6-9-15)21(23)22-27-10-7-11-28-22/h4-6,8-9,12-14,22H,7,10-11H2,1-3H3/b17-14+.